The van der Waals surface area contributed by atoms with Crippen molar-refractivity contribution in [3.05, 3.63) is 0 Å². The fourth-order valence-corrected chi connectivity index (χ4v) is 2.66. The standard InChI is InChI=1S/C16H19F13O2/c17-11(18,7-3-1-2-4-8-30-10-6-5-9-31-10)12(19,20)13(21,22)14(23,24)15(25,26)16(27,28)29/h10H,1-9H2. The molecule has 0 aromatic heterocycles. The number of halogens is 13. The smallest absolute Gasteiger partial charge is 0.353 e. The molecular formula is C16H19F13O2. The van der Waals surface area contributed by atoms with E-state index in [1.54, 1.807) is 0 Å². The fourth-order valence-electron chi connectivity index (χ4n) is 2.66. The number of hydrogen-bond acceptors (Lipinski definition) is 2. The topological polar surface area (TPSA) is 18.5 Å². The molecule has 0 aromatic carbocycles. The number of rotatable bonds is 12. The van der Waals surface area contributed by atoms with E-state index in [1.807, 2.05) is 0 Å². The maximum absolute atomic E-state index is 13.6. The lowest BCUT2D eigenvalue weighted by Gasteiger charge is -2.39. The lowest BCUT2D eigenvalue weighted by molar-refractivity contribution is -0.440. The molecule has 0 spiro atoms. The Kier molecular flexibility index (Phi) is 8.57. The highest BCUT2D eigenvalue weighted by atomic mass is 19.4. The van der Waals surface area contributed by atoms with Crippen molar-refractivity contribution in [2.75, 3.05) is 13.2 Å². The molecule has 186 valence electrons. The van der Waals surface area contributed by atoms with Gasteiger partial charge in [-0.1, -0.05) is 12.8 Å². The summed E-state index contributed by atoms with van der Waals surface area (Å²) in [6, 6.07) is 0. The Balaban J connectivity index is 2.69. The first-order valence-corrected chi connectivity index (χ1v) is 9.02. The van der Waals surface area contributed by atoms with Crippen molar-refractivity contribution in [1.82, 2.24) is 0 Å². The van der Waals surface area contributed by atoms with E-state index in [2.05, 4.69) is 0 Å². The molecule has 2 nitrogen and oxygen atoms in total. The minimum atomic E-state index is -7.84. The van der Waals surface area contributed by atoms with Crippen LogP contribution in [0.4, 0.5) is 57.1 Å². The molecule has 0 saturated carbocycles. The minimum Gasteiger partial charge on any atom is -0.353 e. The highest BCUT2D eigenvalue weighted by molar-refractivity contribution is 5.10. The van der Waals surface area contributed by atoms with E-state index in [0.29, 0.717) is 13.0 Å². The maximum Gasteiger partial charge on any atom is 0.460 e. The van der Waals surface area contributed by atoms with Crippen molar-refractivity contribution in [3.63, 3.8) is 0 Å². The van der Waals surface area contributed by atoms with Crippen LogP contribution in [0.15, 0.2) is 0 Å². The number of unbranched alkanes of at least 4 members (excludes halogenated alkanes) is 3. The normalized spacial score (nSPS) is 19.8. The molecule has 1 saturated heterocycles. The molecule has 0 aliphatic carbocycles. The van der Waals surface area contributed by atoms with Crippen LogP contribution in [0.2, 0.25) is 0 Å². The van der Waals surface area contributed by atoms with Crippen LogP contribution < -0.4 is 0 Å². The van der Waals surface area contributed by atoms with Crippen LogP contribution in [0.5, 0.6) is 0 Å². The Bertz CT molecular complexity index is 568. The molecular weight excluding hydrogens is 471 g/mol. The van der Waals surface area contributed by atoms with Crippen LogP contribution in [-0.2, 0) is 9.47 Å². The Morgan fingerprint density at radius 1 is 0.645 bits per heavy atom. The summed E-state index contributed by atoms with van der Waals surface area (Å²) in [6.45, 7) is 0.598. The van der Waals surface area contributed by atoms with E-state index >= 15 is 0 Å². The van der Waals surface area contributed by atoms with Gasteiger partial charge in [0.1, 0.15) is 0 Å². The second kappa shape index (κ2) is 9.48. The minimum absolute atomic E-state index is 0.0765. The zero-order valence-electron chi connectivity index (χ0n) is 15.7. The van der Waals surface area contributed by atoms with Gasteiger partial charge in [0.15, 0.2) is 6.29 Å². The van der Waals surface area contributed by atoms with E-state index in [4.69, 9.17) is 9.47 Å². The molecule has 31 heavy (non-hydrogen) atoms. The van der Waals surface area contributed by atoms with Crippen molar-refractivity contribution in [2.24, 2.45) is 0 Å². The molecule has 1 atom stereocenters. The molecule has 1 aliphatic heterocycles. The molecule has 1 aliphatic rings. The predicted octanol–water partition coefficient (Wildman–Crippen LogP) is 6.83. The van der Waals surface area contributed by atoms with Gasteiger partial charge in [0.2, 0.25) is 0 Å². The third-order valence-corrected chi connectivity index (χ3v) is 4.58. The molecule has 1 fully saturated rings. The van der Waals surface area contributed by atoms with Gasteiger partial charge in [-0.05, 0) is 19.3 Å². The van der Waals surface area contributed by atoms with E-state index in [1.165, 1.54) is 0 Å². The summed E-state index contributed by atoms with van der Waals surface area (Å²) >= 11 is 0. The van der Waals surface area contributed by atoms with Gasteiger partial charge in [0.25, 0.3) is 0 Å². The first kappa shape index (κ1) is 28.0. The van der Waals surface area contributed by atoms with Crippen LogP contribution in [0, 0.1) is 0 Å². The number of ether oxygens (including phenoxy) is 2. The van der Waals surface area contributed by atoms with Gasteiger partial charge in [0.05, 0.1) is 0 Å². The molecule has 15 heteroatoms. The van der Waals surface area contributed by atoms with E-state index < -0.39 is 54.9 Å². The lowest BCUT2D eigenvalue weighted by atomic mass is 9.91. The van der Waals surface area contributed by atoms with E-state index in [9.17, 15) is 57.1 Å². The molecule has 0 bridgehead atoms. The van der Waals surface area contributed by atoms with Crippen molar-refractivity contribution in [2.45, 2.75) is 87.0 Å². The first-order chi connectivity index (χ1) is 13.8. The lowest BCUT2D eigenvalue weighted by Crippen LogP contribution is -2.70. The first-order valence-electron chi connectivity index (χ1n) is 9.02. The zero-order chi connectivity index (χ0) is 24.4. The Morgan fingerprint density at radius 2 is 1.16 bits per heavy atom. The number of hydrogen-bond donors (Lipinski definition) is 0. The van der Waals surface area contributed by atoms with Crippen molar-refractivity contribution in [1.29, 1.82) is 0 Å². The third-order valence-electron chi connectivity index (χ3n) is 4.58. The van der Waals surface area contributed by atoms with Crippen molar-refractivity contribution in [3.8, 4) is 0 Å². The summed E-state index contributed by atoms with van der Waals surface area (Å²) in [5, 5.41) is 0. The molecule has 1 unspecified atom stereocenters. The Hall–Kier alpha value is -0.990. The quantitative estimate of drug-likeness (QED) is 0.221. The summed E-state index contributed by atoms with van der Waals surface area (Å²) in [5.41, 5.74) is 0. The highest BCUT2D eigenvalue weighted by Gasteiger charge is 2.90. The van der Waals surface area contributed by atoms with Gasteiger partial charge < -0.3 is 9.47 Å². The second-order valence-corrected chi connectivity index (χ2v) is 6.98. The second-order valence-electron chi connectivity index (χ2n) is 6.98. The summed E-state index contributed by atoms with van der Waals surface area (Å²) in [7, 11) is 0. The van der Waals surface area contributed by atoms with E-state index in [0.717, 1.165) is 6.42 Å². The summed E-state index contributed by atoms with van der Waals surface area (Å²) < 4.78 is 179. The van der Waals surface area contributed by atoms with Gasteiger partial charge in [0, 0.05) is 26.1 Å². The average Bonchev–Trinajstić information content (AvgIpc) is 3.12. The largest absolute Gasteiger partial charge is 0.460 e. The third kappa shape index (κ3) is 5.50. The molecule has 0 N–H and O–H groups in total. The Labute approximate surface area is 168 Å². The van der Waals surface area contributed by atoms with Crippen LogP contribution in [0.3, 0.4) is 0 Å². The van der Waals surface area contributed by atoms with Gasteiger partial charge in [-0.3, -0.25) is 0 Å². The van der Waals surface area contributed by atoms with Crippen LogP contribution in [0.25, 0.3) is 0 Å². The van der Waals surface area contributed by atoms with Crippen LogP contribution in [0.1, 0.15) is 44.9 Å². The maximum atomic E-state index is 13.6. The average molecular weight is 490 g/mol. The molecule has 1 heterocycles. The summed E-state index contributed by atoms with van der Waals surface area (Å²) in [4.78, 5) is 0. The summed E-state index contributed by atoms with van der Waals surface area (Å²) in [5.74, 6) is -36.4. The van der Waals surface area contributed by atoms with Crippen LogP contribution >= 0.6 is 0 Å². The molecule has 0 radical (unpaired) electrons. The fraction of sp³-hybridized carbons (Fsp3) is 1.00. The Morgan fingerprint density at radius 3 is 1.65 bits per heavy atom. The van der Waals surface area contributed by atoms with Crippen molar-refractivity contribution < 1.29 is 66.5 Å². The van der Waals surface area contributed by atoms with E-state index in [-0.39, 0.29) is 25.9 Å². The number of alkyl halides is 13. The summed E-state index contributed by atoms with van der Waals surface area (Å²) in [6.07, 6.45) is -9.46. The monoisotopic (exact) mass is 490 g/mol. The highest BCUT2D eigenvalue weighted by Crippen LogP contribution is 2.60. The molecule has 0 amide bonds. The zero-order valence-corrected chi connectivity index (χ0v) is 15.7. The van der Waals surface area contributed by atoms with Crippen LogP contribution in [-0.4, -0.2) is 55.3 Å². The van der Waals surface area contributed by atoms with Crippen molar-refractivity contribution >= 4 is 0 Å². The van der Waals surface area contributed by atoms with Gasteiger partial charge in [-0.25, -0.2) is 0 Å². The SMILES string of the molecule is FC(F)(F)C(F)(F)C(F)(F)C(F)(F)C(F)(F)C(F)(F)CCCCCCOC1CCCO1. The van der Waals surface area contributed by atoms with Gasteiger partial charge >= 0.3 is 35.8 Å². The molecule has 1 rings (SSSR count). The molecule has 0 aromatic rings. The van der Waals surface area contributed by atoms with Gasteiger partial charge in [-0.15, -0.1) is 0 Å². The predicted molar refractivity (Wildman–Crippen MR) is 78.8 cm³/mol. The van der Waals surface area contributed by atoms with Gasteiger partial charge in [-0.2, -0.15) is 57.1 Å².